The van der Waals surface area contributed by atoms with Crippen LogP contribution in [0.1, 0.15) is 31.9 Å². The number of azo groups is 1. The van der Waals surface area contributed by atoms with Crippen LogP contribution in [-0.4, -0.2) is 10.0 Å². The van der Waals surface area contributed by atoms with Crippen molar-refractivity contribution in [3.05, 3.63) is 56.6 Å². The molecule has 2 aromatic rings. The van der Waals surface area contributed by atoms with Gasteiger partial charge in [0.25, 0.3) is 5.69 Å². The monoisotopic (exact) mass is 347 g/mol. The summed E-state index contributed by atoms with van der Waals surface area (Å²) in [5, 5.41) is 29.7. The van der Waals surface area contributed by atoms with Gasteiger partial charge in [0.05, 0.1) is 4.92 Å². The highest BCUT2D eigenvalue weighted by Gasteiger charge is 2.21. The van der Waals surface area contributed by atoms with Crippen LogP contribution in [0.25, 0.3) is 0 Å². The van der Waals surface area contributed by atoms with Crippen LogP contribution >= 0.6 is 11.6 Å². The lowest BCUT2D eigenvalue weighted by Gasteiger charge is -2.21. The van der Waals surface area contributed by atoms with Gasteiger partial charge in [-0.25, -0.2) is 0 Å². The minimum Gasteiger partial charge on any atom is -0.505 e. The highest BCUT2D eigenvalue weighted by Crippen LogP contribution is 2.40. The lowest BCUT2D eigenvalue weighted by molar-refractivity contribution is -0.384. The number of phenols is 1. The number of nitro benzene ring substituents is 1. The number of hydrogen-bond donors (Lipinski definition) is 1. The van der Waals surface area contributed by atoms with Crippen LogP contribution in [0.2, 0.25) is 5.02 Å². The van der Waals surface area contributed by atoms with Gasteiger partial charge in [-0.2, -0.15) is 0 Å². The molecule has 126 valence electrons. The summed E-state index contributed by atoms with van der Waals surface area (Å²) in [6, 6.07) is 7.70. The number of aryl methyl sites for hydroxylation is 1. The fourth-order valence-electron chi connectivity index (χ4n) is 2.24. The van der Waals surface area contributed by atoms with Crippen LogP contribution < -0.4 is 0 Å². The Labute approximate surface area is 145 Å². The van der Waals surface area contributed by atoms with E-state index in [-0.39, 0.29) is 33.2 Å². The van der Waals surface area contributed by atoms with Crippen molar-refractivity contribution in [1.29, 1.82) is 0 Å². The predicted octanol–water partition coefficient (Wildman–Crippen LogP) is 5.98. The number of halogens is 1. The second kappa shape index (κ2) is 6.57. The van der Waals surface area contributed by atoms with Gasteiger partial charge >= 0.3 is 0 Å². The largest absolute Gasteiger partial charge is 0.505 e. The fourth-order valence-corrected chi connectivity index (χ4v) is 2.41. The van der Waals surface area contributed by atoms with Gasteiger partial charge in [0.2, 0.25) is 0 Å². The van der Waals surface area contributed by atoms with Crippen molar-refractivity contribution in [2.75, 3.05) is 0 Å². The average Bonchev–Trinajstić information content (AvgIpc) is 2.47. The SMILES string of the molecule is Cc1cc(/N=N/c2ccc(Cl)cc2[N+](=O)[O-])c(O)c(C(C)(C)C)c1. The molecule has 0 radical (unpaired) electrons. The van der Waals surface area contributed by atoms with Crippen molar-refractivity contribution in [1.82, 2.24) is 0 Å². The lowest BCUT2D eigenvalue weighted by Crippen LogP contribution is -2.11. The zero-order chi connectivity index (χ0) is 18.1. The van der Waals surface area contributed by atoms with Crippen LogP contribution in [-0.2, 0) is 5.41 Å². The second-order valence-electron chi connectivity index (χ2n) is 6.52. The van der Waals surface area contributed by atoms with Crippen molar-refractivity contribution in [3.8, 4) is 5.75 Å². The summed E-state index contributed by atoms with van der Waals surface area (Å²) < 4.78 is 0. The smallest absolute Gasteiger partial charge is 0.298 e. The first-order valence-corrected chi connectivity index (χ1v) is 7.67. The maximum atomic E-state index is 11.1. The molecular weight excluding hydrogens is 330 g/mol. The van der Waals surface area contributed by atoms with Crippen molar-refractivity contribution in [3.63, 3.8) is 0 Å². The number of nitro groups is 1. The fraction of sp³-hybridized carbons (Fsp3) is 0.294. The molecule has 0 aliphatic carbocycles. The van der Waals surface area contributed by atoms with Gasteiger partial charge in [0.1, 0.15) is 11.4 Å². The Morgan fingerprint density at radius 2 is 1.75 bits per heavy atom. The topological polar surface area (TPSA) is 88.1 Å². The van der Waals surface area contributed by atoms with Crippen LogP contribution in [0.5, 0.6) is 5.75 Å². The van der Waals surface area contributed by atoms with Gasteiger partial charge in [0, 0.05) is 16.7 Å². The molecule has 0 amide bonds. The lowest BCUT2D eigenvalue weighted by atomic mass is 9.85. The summed E-state index contributed by atoms with van der Waals surface area (Å²) in [5.41, 5.74) is 1.48. The summed E-state index contributed by atoms with van der Waals surface area (Å²) in [6.45, 7) is 7.82. The van der Waals surface area contributed by atoms with Crippen LogP contribution in [0, 0.1) is 17.0 Å². The first kappa shape index (κ1) is 17.9. The first-order valence-electron chi connectivity index (χ1n) is 7.29. The van der Waals surface area contributed by atoms with Crippen molar-refractivity contribution in [2.45, 2.75) is 33.1 Å². The van der Waals surface area contributed by atoms with E-state index in [4.69, 9.17) is 11.6 Å². The molecular formula is C17H18ClN3O3. The second-order valence-corrected chi connectivity index (χ2v) is 6.96. The zero-order valence-corrected chi connectivity index (χ0v) is 14.6. The summed E-state index contributed by atoms with van der Waals surface area (Å²) in [7, 11) is 0. The third-order valence-electron chi connectivity index (χ3n) is 3.44. The Morgan fingerprint density at radius 1 is 1.12 bits per heavy atom. The standard InChI is InChI=1S/C17H18ClN3O3/c1-10-7-12(17(2,3)4)16(22)14(8-10)20-19-13-6-5-11(18)9-15(13)21(23)24/h5-9,22H,1-4H3/b20-19+. The minimum absolute atomic E-state index is 0.0217. The number of hydrogen-bond acceptors (Lipinski definition) is 5. The van der Waals surface area contributed by atoms with Crippen LogP contribution in [0.4, 0.5) is 17.1 Å². The van der Waals surface area contributed by atoms with Crippen molar-refractivity contribution in [2.24, 2.45) is 10.2 Å². The Hall–Kier alpha value is -2.47. The number of nitrogens with zero attached hydrogens (tertiary/aromatic N) is 3. The van der Waals surface area contributed by atoms with E-state index >= 15 is 0 Å². The third kappa shape index (κ3) is 3.89. The minimum atomic E-state index is -0.573. The molecule has 2 rings (SSSR count). The average molecular weight is 348 g/mol. The highest BCUT2D eigenvalue weighted by atomic mass is 35.5. The molecule has 0 saturated carbocycles. The van der Waals surface area contributed by atoms with Gasteiger partial charge in [-0.05, 0) is 36.1 Å². The molecule has 0 bridgehead atoms. The number of phenolic OH excluding ortho intramolecular Hbond substituents is 1. The summed E-state index contributed by atoms with van der Waals surface area (Å²) in [5.74, 6) is 0.0217. The Kier molecular flexibility index (Phi) is 4.89. The molecule has 0 atom stereocenters. The van der Waals surface area contributed by atoms with E-state index in [2.05, 4.69) is 10.2 Å². The number of aromatic hydroxyl groups is 1. The number of benzene rings is 2. The highest BCUT2D eigenvalue weighted by molar-refractivity contribution is 6.30. The Balaban J connectivity index is 2.51. The van der Waals surface area contributed by atoms with E-state index in [0.717, 1.165) is 11.1 Å². The van der Waals surface area contributed by atoms with E-state index in [0.29, 0.717) is 0 Å². The van der Waals surface area contributed by atoms with Gasteiger partial charge < -0.3 is 5.11 Å². The van der Waals surface area contributed by atoms with Gasteiger partial charge in [-0.1, -0.05) is 38.4 Å². The molecule has 0 aromatic heterocycles. The van der Waals surface area contributed by atoms with Gasteiger partial charge in [-0.3, -0.25) is 10.1 Å². The van der Waals surface area contributed by atoms with Crippen LogP contribution in [0.15, 0.2) is 40.6 Å². The normalized spacial score (nSPS) is 11.9. The Morgan fingerprint density at radius 3 is 2.33 bits per heavy atom. The molecule has 6 nitrogen and oxygen atoms in total. The van der Waals surface area contributed by atoms with Gasteiger partial charge in [-0.15, -0.1) is 10.2 Å². The molecule has 2 aromatic carbocycles. The summed E-state index contributed by atoms with van der Waals surface area (Å²) >= 11 is 5.78. The van der Waals surface area contributed by atoms with Gasteiger partial charge in [0.15, 0.2) is 5.69 Å². The quantitative estimate of drug-likeness (QED) is 0.421. The maximum absolute atomic E-state index is 11.1. The molecule has 0 unspecified atom stereocenters. The molecule has 0 aliphatic rings. The van der Waals surface area contributed by atoms with E-state index in [1.165, 1.54) is 18.2 Å². The first-order chi connectivity index (χ1) is 11.1. The van der Waals surface area contributed by atoms with E-state index in [1.807, 2.05) is 33.8 Å². The third-order valence-corrected chi connectivity index (χ3v) is 3.68. The molecule has 1 N–H and O–H groups in total. The van der Waals surface area contributed by atoms with E-state index in [9.17, 15) is 15.2 Å². The zero-order valence-electron chi connectivity index (χ0n) is 13.9. The molecule has 7 heteroatoms. The molecule has 24 heavy (non-hydrogen) atoms. The van der Waals surface area contributed by atoms with E-state index in [1.54, 1.807) is 6.07 Å². The summed E-state index contributed by atoms with van der Waals surface area (Å²) in [6.07, 6.45) is 0. The molecule has 0 fully saturated rings. The number of rotatable bonds is 3. The Bertz CT molecular complexity index is 827. The maximum Gasteiger partial charge on any atom is 0.298 e. The predicted molar refractivity (Wildman–Crippen MR) is 93.8 cm³/mol. The summed E-state index contributed by atoms with van der Waals surface area (Å²) in [4.78, 5) is 10.5. The molecule has 0 spiro atoms. The van der Waals surface area contributed by atoms with Crippen molar-refractivity contribution >= 4 is 28.7 Å². The molecule has 0 saturated heterocycles. The van der Waals surface area contributed by atoms with Crippen LogP contribution in [0.3, 0.4) is 0 Å². The molecule has 0 heterocycles. The van der Waals surface area contributed by atoms with E-state index < -0.39 is 4.92 Å². The molecule has 0 aliphatic heterocycles. The van der Waals surface area contributed by atoms with Crippen molar-refractivity contribution < 1.29 is 10.0 Å².